The molecule has 186 valence electrons. The van der Waals surface area contributed by atoms with Crippen LogP contribution in [0.5, 0.6) is 0 Å². The fraction of sp³-hybridized carbons (Fsp3) is 0.464. The lowest BCUT2D eigenvalue weighted by Crippen LogP contribution is -2.56. The summed E-state index contributed by atoms with van der Waals surface area (Å²) in [6.45, 7) is 2.86. The van der Waals surface area contributed by atoms with Gasteiger partial charge in [-0.15, -0.1) is 0 Å². The van der Waals surface area contributed by atoms with Crippen molar-refractivity contribution in [1.82, 2.24) is 20.9 Å². The predicted octanol–water partition coefficient (Wildman–Crippen LogP) is 2.06. The molecule has 1 aliphatic heterocycles. The van der Waals surface area contributed by atoms with Crippen LogP contribution in [0.3, 0.4) is 0 Å². The van der Waals surface area contributed by atoms with Crippen LogP contribution in [-0.2, 0) is 27.2 Å². The van der Waals surface area contributed by atoms with Gasteiger partial charge in [0.25, 0.3) is 0 Å². The van der Waals surface area contributed by atoms with Gasteiger partial charge in [-0.05, 0) is 56.2 Å². The Hall–Kier alpha value is -3.19. The summed E-state index contributed by atoms with van der Waals surface area (Å²) in [7, 11) is 1.71. The Morgan fingerprint density at radius 2 is 1.63 bits per heavy atom. The van der Waals surface area contributed by atoms with E-state index in [0.717, 1.165) is 30.4 Å². The third-order valence-corrected chi connectivity index (χ3v) is 7.33. The van der Waals surface area contributed by atoms with Crippen LogP contribution < -0.4 is 16.0 Å². The zero-order valence-corrected chi connectivity index (χ0v) is 20.6. The molecule has 3 N–H and O–H groups in total. The summed E-state index contributed by atoms with van der Waals surface area (Å²) in [5.41, 5.74) is 2.18. The second-order valence-corrected chi connectivity index (χ2v) is 9.97. The monoisotopic (exact) mass is 476 g/mol. The van der Waals surface area contributed by atoms with Crippen LogP contribution in [0.2, 0.25) is 0 Å². The molecular formula is C28H36N4O3. The van der Waals surface area contributed by atoms with Crippen molar-refractivity contribution in [1.29, 1.82) is 0 Å². The molecule has 1 spiro atoms. The Morgan fingerprint density at radius 3 is 2.23 bits per heavy atom. The number of nitrogens with zero attached hydrogens (tertiary/aromatic N) is 1. The van der Waals surface area contributed by atoms with Gasteiger partial charge in [-0.2, -0.15) is 0 Å². The highest BCUT2D eigenvalue weighted by Crippen LogP contribution is 2.54. The molecular weight excluding hydrogens is 440 g/mol. The lowest BCUT2D eigenvalue weighted by Gasteiger charge is -2.29. The smallest absolute Gasteiger partial charge is 0.246 e. The molecule has 7 nitrogen and oxygen atoms in total. The minimum atomic E-state index is -0.728. The van der Waals surface area contributed by atoms with E-state index in [-0.39, 0.29) is 23.1 Å². The van der Waals surface area contributed by atoms with Crippen molar-refractivity contribution in [3.63, 3.8) is 0 Å². The maximum Gasteiger partial charge on any atom is 0.246 e. The Bertz CT molecular complexity index is 1020. The summed E-state index contributed by atoms with van der Waals surface area (Å²) in [6.07, 6.45) is 3.89. The Kier molecular flexibility index (Phi) is 7.86. The number of carbonyl (C=O) groups is 3. The average Bonchev–Trinajstić information content (AvgIpc) is 3.53. The molecule has 0 bridgehead atoms. The topological polar surface area (TPSA) is 90.5 Å². The lowest BCUT2D eigenvalue weighted by atomic mass is 10.0. The first-order chi connectivity index (χ1) is 16.9. The maximum atomic E-state index is 13.8. The summed E-state index contributed by atoms with van der Waals surface area (Å²) < 4.78 is 0. The summed E-state index contributed by atoms with van der Waals surface area (Å²) >= 11 is 0. The fourth-order valence-electron chi connectivity index (χ4n) is 4.83. The van der Waals surface area contributed by atoms with Gasteiger partial charge in [-0.1, -0.05) is 60.7 Å². The number of hydrogen-bond donors (Lipinski definition) is 3. The molecule has 1 aliphatic carbocycles. The third-order valence-electron chi connectivity index (χ3n) is 7.33. The van der Waals surface area contributed by atoms with Gasteiger partial charge < -0.3 is 20.9 Å². The quantitative estimate of drug-likeness (QED) is 0.490. The van der Waals surface area contributed by atoms with Crippen LogP contribution in [0, 0.1) is 5.41 Å². The van der Waals surface area contributed by atoms with E-state index in [4.69, 9.17) is 0 Å². The lowest BCUT2D eigenvalue weighted by molar-refractivity contribution is -0.141. The van der Waals surface area contributed by atoms with E-state index >= 15 is 0 Å². The second-order valence-electron chi connectivity index (χ2n) is 9.97. The van der Waals surface area contributed by atoms with E-state index in [9.17, 15) is 14.4 Å². The normalized spacial score (nSPS) is 19.7. The molecule has 1 saturated heterocycles. The maximum absolute atomic E-state index is 13.8. The van der Waals surface area contributed by atoms with Crippen LogP contribution in [-0.4, -0.2) is 60.9 Å². The average molecular weight is 477 g/mol. The number of rotatable bonds is 10. The van der Waals surface area contributed by atoms with Crippen molar-refractivity contribution in [3.8, 4) is 0 Å². The van der Waals surface area contributed by atoms with E-state index < -0.39 is 18.1 Å². The van der Waals surface area contributed by atoms with Crippen molar-refractivity contribution >= 4 is 17.7 Å². The summed E-state index contributed by atoms with van der Waals surface area (Å²) in [5.74, 6) is -0.519. The number of hydrogen-bond acceptors (Lipinski definition) is 4. The molecule has 35 heavy (non-hydrogen) atoms. The molecule has 3 atom stereocenters. The van der Waals surface area contributed by atoms with E-state index in [1.165, 1.54) is 0 Å². The molecule has 1 heterocycles. The summed E-state index contributed by atoms with van der Waals surface area (Å²) in [6, 6.07) is 18.1. The van der Waals surface area contributed by atoms with Crippen molar-refractivity contribution in [2.24, 2.45) is 5.41 Å². The van der Waals surface area contributed by atoms with Crippen molar-refractivity contribution in [2.45, 2.75) is 57.2 Å². The zero-order chi connectivity index (χ0) is 24.8. The number of likely N-dealkylation sites (tertiary alicyclic amines) is 1. The zero-order valence-electron chi connectivity index (χ0n) is 20.6. The summed E-state index contributed by atoms with van der Waals surface area (Å²) in [5, 5.41) is 8.92. The molecule has 2 aromatic carbocycles. The van der Waals surface area contributed by atoms with E-state index in [1.807, 2.05) is 60.7 Å². The number of likely N-dealkylation sites (N-methyl/N-ethyl adjacent to an activating group) is 1. The molecule has 2 fully saturated rings. The van der Waals surface area contributed by atoms with Gasteiger partial charge in [-0.3, -0.25) is 14.4 Å². The molecule has 1 saturated carbocycles. The molecule has 2 aromatic rings. The number of benzene rings is 2. The van der Waals surface area contributed by atoms with Gasteiger partial charge in [0.15, 0.2) is 0 Å². The highest BCUT2D eigenvalue weighted by molar-refractivity contribution is 5.93. The highest BCUT2D eigenvalue weighted by atomic mass is 16.2. The largest absolute Gasteiger partial charge is 0.354 e. The minimum absolute atomic E-state index is 0.0523. The fourth-order valence-corrected chi connectivity index (χ4v) is 4.83. The van der Waals surface area contributed by atoms with Gasteiger partial charge in [-0.25, -0.2) is 0 Å². The van der Waals surface area contributed by atoms with Gasteiger partial charge in [0.1, 0.15) is 12.1 Å². The summed E-state index contributed by atoms with van der Waals surface area (Å²) in [4.78, 5) is 41.5. The van der Waals surface area contributed by atoms with Crippen LogP contribution >= 0.6 is 0 Å². The number of amides is 3. The SMILES string of the molecule is CN[C@@H](C)C(=O)N[C@@H](Cc1ccccc1)C(=O)N1CC2(CC2)C[C@H]1C(=O)NCCc1ccccc1. The first-order valence-corrected chi connectivity index (χ1v) is 12.5. The number of carbonyl (C=O) groups excluding carboxylic acids is 3. The number of nitrogens with one attached hydrogen (secondary N) is 3. The van der Waals surface area contributed by atoms with E-state index in [1.54, 1.807) is 18.9 Å². The van der Waals surface area contributed by atoms with Crippen LogP contribution in [0.25, 0.3) is 0 Å². The Labute approximate surface area is 207 Å². The minimum Gasteiger partial charge on any atom is -0.354 e. The van der Waals surface area contributed by atoms with Crippen LogP contribution in [0.1, 0.15) is 37.3 Å². The standard InChI is InChI=1S/C28H36N4O3/c1-20(29-2)25(33)31-23(17-22-11-7-4-8-12-22)27(35)32-19-28(14-15-28)18-24(32)26(34)30-16-13-21-9-5-3-6-10-21/h3-12,20,23-24,29H,13-19H2,1-2H3,(H,30,34)(H,31,33)/t20-,23-,24-/m0/s1. The molecule has 2 aliphatic rings. The molecule has 0 aromatic heterocycles. The predicted molar refractivity (Wildman–Crippen MR) is 136 cm³/mol. The van der Waals surface area contributed by atoms with Gasteiger partial charge in [0, 0.05) is 19.5 Å². The van der Waals surface area contributed by atoms with Crippen molar-refractivity contribution < 1.29 is 14.4 Å². The Morgan fingerprint density at radius 1 is 1.00 bits per heavy atom. The highest BCUT2D eigenvalue weighted by Gasteiger charge is 2.55. The third kappa shape index (κ3) is 6.28. The van der Waals surface area contributed by atoms with Crippen LogP contribution in [0.4, 0.5) is 0 Å². The van der Waals surface area contributed by atoms with Gasteiger partial charge >= 0.3 is 0 Å². The molecule has 3 amide bonds. The molecule has 4 rings (SSSR count). The molecule has 0 radical (unpaired) electrons. The van der Waals surface area contributed by atoms with Crippen molar-refractivity contribution in [2.75, 3.05) is 20.1 Å². The van der Waals surface area contributed by atoms with E-state index in [2.05, 4.69) is 16.0 Å². The molecule has 0 unspecified atom stereocenters. The first kappa shape index (κ1) is 24.9. The van der Waals surface area contributed by atoms with Gasteiger partial charge in [0.05, 0.1) is 6.04 Å². The van der Waals surface area contributed by atoms with Crippen molar-refractivity contribution in [3.05, 3.63) is 71.8 Å². The Balaban J connectivity index is 1.47. The van der Waals surface area contributed by atoms with Crippen LogP contribution in [0.15, 0.2) is 60.7 Å². The van der Waals surface area contributed by atoms with Gasteiger partial charge in [0.2, 0.25) is 17.7 Å². The van der Waals surface area contributed by atoms with E-state index in [0.29, 0.717) is 25.9 Å². The first-order valence-electron chi connectivity index (χ1n) is 12.5. The molecule has 7 heteroatoms. The second kappa shape index (κ2) is 11.0.